The minimum atomic E-state index is -0.232. The Labute approximate surface area is 100 Å². The third-order valence-electron chi connectivity index (χ3n) is 2.14. The summed E-state index contributed by atoms with van der Waals surface area (Å²) in [6.07, 6.45) is 0. The van der Waals surface area contributed by atoms with Gasteiger partial charge in [-0.2, -0.15) is 0 Å². The van der Waals surface area contributed by atoms with Crippen LogP contribution in [0.1, 0.15) is 6.92 Å². The molecule has 1 aromatic carbocycles. The number of halogens is 1. The van der Waals surface area contributed by atoms with Crippen LogP contribution in [0.2, 0.25) is 5.02 Å². The summed E-state index contributed by atoms with van der Waals surface area (Å²) in [5.74, 6) is 0. The Hall–Kier alpha value is -1.26. The van der Waals surface area contributed by atoms with Gasteiger partial charge in [0.25, 0.3) is 0 Å². The fraction of sp³-hybridized carbons (Fsp3) is 0.364. The van der Waals surface area contributed by atoms with E-state index in [9.17, 15) is 4.79 Å². The van der Waals surface area contributed by atoms with Crippen LogP contribution in [0.5, 0.6) is 0 Å². The highest BCUT2D eigenvalue weighted by atomic mass is 35.5. The average molecular weight is 242 g/mol. The van der Waals surface area contributed by atoms with E-state index in [0.717, 1.165) is 0 Å². The van der Waals surface area contributed by atoms with Crippen LogP contribution < -0.4 is 16.0 Å². The zero-order valence-corrected chi connectivity index (χ0v) is 10.1. The van der Waals surface area contributed by atoms with Crippen molar-refractivity contribution in [3.8, 4) is 0 Å². The normalized spacial score (nSPS) is 11.9. The number of amides is 2. The van der Waals surface area contributed by atoms with Crippen LogP contribution in [0.3, 0.4) is 0 Å². The van der Waals surface area contributed by atoms with Gasteiger partial charge in [-0.1, -0.05) is 17.7 Å². The molecule has 1 atom stereocenters. The number of anilines is 1. The Morgan fingerprint density at radius 3 is 2.88 bits per heavy atom. The van der Waals surface area contributed by atoms with Crippen LogP contribution in [-0.2, 0) is 0 Å². The van der Waals surface area contributed by atoms with Crippen molar-refractivity contribution >= 4 is 23.3 Å². The number of rotatable bonds is 4. The molecule has 4 nitrogen and oxygen atoms in total. The van der Waals surface area contributed by atoms with Crippen LogP contribution in [0.25, 0.3) is 0 Å². The summed E-state index contributed by atoms with van der Waals surface area (Å²) in [7, 11) is 1.85. The molecule has 0 heterocycles. The van der Waals surface area contributed by atoms with Gasteiger partial charge in [0.05, 0.1) is 0 Å². The molecule has 0 aliphatic heterocycles. The Bertz CT molecular complexity index is 357. The van der Waals surface area contributed by atoms with Crippen LogP contribution in [0.4, 0.5) is 10.5 Å². The lowest BCUT2D eigenvalue weighted by Crippen LogP contribution is -2.39. The van der Waals surface area contributed by atoms with Gasteiger partial charge in [-0.25, -0.2) is 4.79 Å². The van der Waals surface area contributed by atoms with Crippen molar-refractivity contribution in [1.29, 1.82) is 0 Å². The molecule has 0 aliphatic carbocycles. The van der Waals surface area contributed by atoms with Crippen LogP contribution in [-0.4, -0.2) is 25.7 Å². The molecule has 1 aromatic rings. The molecule has 0 saturated carbocycles. The molecular formula is C11H16ClN3O. The van der Waals surface area contributed by atoms with E-state index >= 15 is 0 Å². The van der Waals surface area contributed by atoms with Gasteiger partial charge in [-0.15, -0.1) is 0 Å². The number of hydrogen-bond donors (Lipinski definition) is 3. The van der Waals surface area contributed by atoms with E-state index in [1.54, 1.807) is 24.3 Å². The number of nitrogens with one attached hydrogen (secondary N) is 3. The van der Waals surface area contributed by atoms with Crippen molar-refractivity contribution in [3.05, 3.63) is 29.3 Å². The number of urea groups is 1. The summed E-state index contributed by atoms with van der Waals surface area (Å²) >= 11 is 5.80. The van der Waals surface area contributed by atoms with E-state index in [1.807, 2.05) is 14.0 Å². The minimum absolute atomic E-state index is 0.232. The maximum atomic E-state index is 11.5. The lowest BCUT2D eigenvalue weighted by atomic mass is 10.3. The molecule has 0 saturated heterocycles. The summed E-state index contributed by atoms with van der Waals surface area (Å²) in [5, 5.41) is 9.07. The summed E-state index contributed by atoms with van der Waals surface area (Å²) in [4.78, 5) is 11.5. The smallest absolute Gasteiger partial charge is 0.319 e. The summed E-state index contributed by atoms with van der Waals surface area (Å²) < 4.78 is 0. The highest BCUT2D eigenvalue weighted by Crippen LogP contribution is 2.14. The molecule has 88 valence electrons. The third-order valence-corrected chi connectivity index (χ3v) is 2.38. The standard InChI is InChI=1S/C11H16ClN3O/c1-8(13-2)7-14-11(16)15-10-5-3-4-9(12)6-10/h3-6,8,13H,7H2,1-2H3,(H2,14,15,16). The lowest BCUT2D eigenvalue weighted by molar-refractivity contribution is 0.251. The molecule has 5 heteroatoms. The fourth-order valence-corrected chi connectivity index (χ4v) is 1.28. The monoisotopic (exact) mass is 241 g/mol. The zero-order valence-electron chi connectivity index (χ0n) is 9.38. The van der Waals surface area contributed by atoms with Crippen LogP contribution in [0, 0.1) is 0 Å². The summed E-state index contributed by atoms with van der Waals surface area (Å²) in [5.41, 5.74) is 0.683. The molecule has 1 rings (SSSR count). The largest absolute Gasteiger partial charge is 0.336 e. The van der Waals surface area contributed by atoms with E-state index in [4.69, 9.17) is 11.6 Å². The van der Waals surface area contributed by atoms with Crippen molar-refractivity contribution in [2.45, 2.75) is 13.0 Å². The van der Waals surface area contributed by atoms with Crippen molar-refractivity contribution in [3.63, 3.8) is 0 Å². The first-order valence-electron chi connectivity index (χ1n) is 5.09. The summed E-state index contributed by atoms with van der Waals surface area (Å²) in [6.45, 7) is 2.56. The fourth-order valence-electron chi connectivity index (χ4n) is 1.09. The van der Waals surface area contributed by atoms with Gasteiger partial charge in [-0.05, 0) is 32.2 Å². The second-order valence-electron chi connectivity index (χ2n) is 3.54. The molecule has 0 fully saturated rings. The first kappa shape index (κ1) is 12.8. The molecule has 16 heavy (non-hydrogen) atoms. The molecule has 3 N–H and O–H groups in total. The van der Waals surface area contributed by atoms with Crippen LogP contribution in [0.15, 0.2) is 24.3 Å². The predicted octanol–water partition coefficient (Wildman–Crippen LogP) is 2.07. The molecule has 0 aliphatic rings. The van der Waals surface area contributed by atoms with E-state index in [0.29, 0.717) is 17.3 Å². The van der Waals surface area contributed by atoms with Gasteiger partial charge in [0.1, 0.15) is 0 Å². The highest BCUT2D eigenvalue weighted by Gasteiger charge is 2.03. The van der Waals surface area contributed by atoms with Crippen molar-refractivity contribution in [2.24, 2.45) is 0 Å². The van der Waals surface area contributed by atoms with Gasteiger partial charge >= 0.3 is 6.03 Å². The third kappa shape index (κ3) is 4.51. The zero-order chi connectivity index (χ0) is 12.0. The number of hydrogen-bond acceptors (Lipinski definition) is 2. The quantitative estimate of drug-likeness (QED) is 0.756. The SMILES string of the molecule is CNC(C)CNC(=O)Nc1cccc(Cl)c1. The van der Waals surface area contributed by atoms with Gasteiger partial charge in [0.2, 0.25) is 0 Å². The minimum Gasteiger partial charge on any atom is -0.336 e. The maximum absolute atomic E-state index is 11.5. The predicted molar refractivity (Wildman–Crippen MR) is 67.0 cm³/mol. The second kappa shape index (κ2) is 6.35. The topological polar surface area (TPSA) is 53.2 Å². The number of carbonyl (C=O) groups excluding carboxylic acids is 1. The van der Waals surface area contributed by atoms with Crippen molar-refractivity contribution in [1.82, 2.24) is 10.6 Å². The molecule has 0 spiro atoms. The molecule has 0 radical (unpaired) electrons. The molecular weight excluding hydrogens is 226 g/mol. The Balaban J connectivity index is 2.40. The second-order valence-corrected chi connectivity index (χ2v) is 3.97. The van der Waals surface area contributed by atoms with E-state index in [2.05, 4.69) is 16.0 Å². The van der Waals surface area contributed by atoms with Crippen molar-refractivity contribution < 1.29 is 4.79 Å². The lowest BCUT2D eigenvalue weighted by Gasteiger charge is -2.12. The first-order chi connectivity index (χ1) is 7.61. The van der Waals surface area contributed by atoms with E-state index in [1.165, 1.54) is 0 Å². The number of carbonyl (C=O) groups is 1. The molecule has 0 aromatic heterocycles. The molecule has 2 amide bonds. The number of likely N-dealkylation sites (N-methyl/N-ethyl adjacent to an activating group) is 1. The van der Waals surface area contributed by atoms with Gasteiger partial charge in [0.15, 0.2) is 0 Å². The van der Waals surface area contributed by atoms with Gasteiger partial charge < -0.3 is 16.0 Å². The van der Waals surface area contributed by atoms with E-state index in [-0.39, 0.29) is 12.1 Å². The number of benzene rings is 1. The Morgan fingerprint density at radius 2 is 2.25 bits per heavy atom. The Morgan fingerprint density at radius 1 is 1.50 bits per heavy atom. The van der Waals surface area contributed by atoms with Gasteiger partial charge in [0, 0.05) is 23.3 Å². The summed E-state index contributed by atoms with van der Waals surface area (Å²) in [6, 6.07) is 7.03. The Kier molecular flexibility index (Phi) is 5.08. The first-order valence-corrected chi connectivity index (χ1v) is 5.47. The van der Waals surface area contributed by atoms with Crippen molar-refractivity contribution in [2.75, 3.05) is 18.9 Å². The molecule has 1 unspecified atom stereocenters. The molecule has 0 bridgehead atoms. The maximum Gasteiger partial charge on any atom is 0.319 e. The van der Waals surface area contributed by atoms with E-state index < -0.39 is 0 Å². The highest BCUT2D eigenvalue weighted by molar-refractivity contribution is 6.30. The average Bonchev–Trinajstić information content (AvgIpc) is 2.26. The van der Waals surface area contributed by atoms with Gasteiger partial charge in [-0.3, -0.25) is 0 Å². The van der Waals surface area contributed by atoms with Crippen LogP contribution >= 0.6 is 11.6 Å².